The Morgan fingerprint density at radius 1 is 1.00 bits per heavy atom. The number of amides is 2. The average Bonchev–Trinajstić information content (AvgIpc) is 2.62. The van der Waals surface area contributed by atoms with Crippen molar-refractivity contribution in [2.75, 3.05) is 24.6 Å². The summed E-state index contributed by atoms with van der Waals surface area (Å²) in [5, 5.41) is 0. The Labute approximate surface area is 145 Å². The monoisotopic (exact) mass is 342 g/mol. The number of halogens is 1. The lowest BCUT2D eigenvalue weighted by Gasteiger charge is -2.34. The van der Waals surface area contributed by atoms with Crippen molar-refractivity contribution < 1.29 is 18.7 Å². The van der Waals surface area contributed by atoms with Gasteiger partial charge in [0.1, 0.15) is 11.6 Å². The molecule has 0 spiro atoms. The van der Waals surface area contributed by atoms with E-state index in [0.717, 1.165) is 0 Å². The van der Waals surface area contributed by atoms with Crippen LogP contribution >= 0.6 is 0 Å². The molecule has 0 bridgehead atoms. The normalized spacial score (nSPS) is 14.8. The van der Waals surface area contributed by atoms with Crippen molar-refractivity contribution in [3.63, 3.8) is 0 Å². The molecule has 1 heterocycles. The predicted octanol–water partition coefficient (Wildman–Crippen LogP) is 2.60. The fourth-order valence-electron chi connectivity index (χ4n) is 2.85. The van der Waals surface area contributed by atoms with Gasteiger partial charge in [-0.1, -0.05) is 30.3 Å². The molecule has 130 valence electrons. The Hall–Kier alpha value is -2.89. The maximum Gasteiger partial charge on any atom is 0.316 e. The third kappa shape index (κ3) is 3.47. The van der Waals surface area contributed by atoms with Crippen LogP contribution in [0, 0.1) is 5.82 Å². The van der Waals surface area contributed by atoms with Gasteiger partial charge in [-0.25, -0.2) is 4.39 Å². The molecule has 25 heavy (non-hydrogen) atoms. The Bertz CT molecular complexity index is 794. The number of ether oxygens (including phenoxy) is 1. The van der Waals surface area contributed by atoms with Crippen LogP contribution in [0.2, 0.25) is 0 Å². The van der Waals surface area contributed by atoms with E-state index in [0.29, 0.717) is 36.7 Å². The highest BCUT2D eigenvalue weighted by Gasteiger charge is 2.34. The van der Waals surface area contributed by atoms with Gasteiger partial charge < -0.3 is 9.64 Å². The summed E-state index contributed by atoms with van der Waals surface area (Å²) in [5.74, 6) is -1.09. The lowest BCUT2D eigenvalue weighted by molar-refractivity contribution is -0.146. The maximum absolute atomic E-state index is 13.8. The van der Waals surface area contributed by atoms with Crippen molar-refractivity contribution in [1.29, 1.82) is 0 Å². The zero-order valence-electron chi connectivity index (χ0n) is 13.9. The molecule has 2 aromatic rings. The average molecular weight is 342 g/mol. The van der Waals surface area contributed by atoms with Gasteiger partial charge in [-0.2, -0.15) is 0 Å². The summed E-state index contributed by atoms with van der Waals surface area (Å²) in [5.41, 5.74) is 0.972. The molecular formula is C19H19FN2O3. The highest BCUT2D eigenvalue weighted by molar-refractivity contribution is 6.41. The first-order valence-corrected chi connectivity index (χ1v) is 8.17. The van der Waals surface area contributed by atoms with E-state index in [9.17, 15) is 14.0 Å². The van der Waals surface area contributed by atoms with E-state index in [1.807, 2.05) is 13.0 Å². The highest BCUT2D eigenvalue weighted by Crippen LogP contribution is 2.29. The van der Waals surface area contributed by atoms with Crippen LogP contribution in [0.25, 0.3) is 0 Å². The molecule has 2 aromatic carbocycles. The van der Waals surface area contributed by atoms with Gasteiger partial charge in [0.25, 0.3) is 0 Å². The van der Waals surface area contributed by atoms with E-state index >= 15 is 0 Å². The van der Waals surface area contributed by atoms with Crippen molar-refractivity contribution in [3.8, 4) is 5.75 Å². The SMILES string of the molecule is CCOc1ccccc1N1CCN(Cc2ccccc2F)C(=O)C1=O. The van der Waals surface area contributed by atoms with Gasteiger partial charge in [0, 0.05) is 25.2 Å². The van der Waals surface area contributed by atoms with Gasteiger partial charge in [-0.3, -0.25) is 14.5 Å². The molecule has 1 aliphatic heterocycles. The quantitative estimate of drug-likeness (QED) is 0.785. The van der Waals surface area contributed by atoms with Crippen LogP contribution in [0.5, 0.6) is 5.75 Å². The number of hydrogen-bond acceptors (Lipinski definition) is 3. The molecule has 0 saturated carbocycles. The molecule has 2 amide bonds. The third-order valence-corrected chi connectivity index (χ3v) is 4.08. The van der Waals surface area contributed by atoms with Crippen LogP contribution < -0.4 is 9.64 Å². The molecule has 0 radical (unpaired) electrons. The van der Waals surface area contributed by atoms with Gasteiger partial charge in [0.2, 0.25) is 0 Å². The molecule has 6 heteroatoms. The van der Waals surface area contributed by atoms with Crippen molar-refractivity contribution in [3.05, 3.63) is 59.9 Å². The second-order valence-corrected chi connectivity index (χ2v) is 5.68. The molecule has 1 saturated heterocycles. The molecular weight excluding hydrogens is 323 g/mol. The summed E-state index contributed by atoms with van der Waals surface area (Å²) in [7, 11) is 0. The molecule has 1 aliphatic rings. The first-order chi connectivity index (χ1) is 12.1. The lowest BCUT2D eigenvalue weighted by atomic mass is 10.1. The molecule has 3 rings (SSSR count). The van der Waals surface area contributed by atoms with E-state index < -0.39 is 11.8 Å². The zero-order valence-corrected chi connectivity index (χ0v) is 13.9. The van der Waals surface area contributed by atoms with Crippen LogP contribution in [-0.4, -0.2) is 36.4 Å². The number of carbonyl (C=O) groups excluding carboxylic acids is 2. The van der Waals surface area contributed by atoms with Crippen LogP contribution in [0.1, 0.15) is 12.5 Å². The standard InChI is InChI=1S/C19H19FN2O3/c1-2-25-17-10-6-5-9-16(17)22-12-11-21(18(23)19(22)24)13-14-7-3-4-8-15(14)20/h3-10H,2,11-13H2,1H3. The molecule has 0 N–H and O–H groups in total. The summed E-state index contributed by atoms with van der Waals surface area (Å²) >= 11 is 0. The minimum absolute atomic E-state index is 0.0815. The summed E-state index contributed by atoms with van der Waals surface area (Å²) in [6, 6.07) is 13.4. The zero-order chi connectivity index (χ0) is 17.8. The number of rotatable bonds is 5. The second-order valence-electron chi connectivity index (χ2n) is 5.68. The number of piperazine rings is 1. The molecule has 0 unspecified atom stereocenters. The summed E-state index contributed by atoms with van der Waals surface area (Å²) in [6.45, 7) is 3.07. The fraction of sp³-hybridized carbons (Fsp3) is 0.263. The molecule has 0 atom stereocenters. The van der Waals surface area contributed by atoms with Crippen LogP contribution in [0.3, 0.4) is 0 Å². The number of para-hydroxylation sites is 2. The van der Waals surface area contributed by atoms with Crippen LogP contribution in [-0.2, 0) is 16.1 Å². The Balaban J connectivity index is 1.78. The number of hydrogen-bond donors (Lipinski definition) is 0. The van der Waals surface area contributed by atoms with E-state index in [1.165, 1.54) is 15.9 Å². The molecule has 0 aliphatic carbocycles. The topological polar surface area (TPSA) is 49.9 Å². The first kappa shape index (κ1) is 17.0. The van der Waals surface area contributed by atoms with Crippen molar-refractivity contribution >= 4 is 17.5 Å². The first-order valence-electron chi connectivity index (χ1n) is 8.17. The van der Waals surface area contributed by atoms with Gasteiger partial charge in [-0.05, 0) is 25.1 Å². The van der Waals surface area contributed by atoms with E-state index in [-0.39, 0.29) is 12.4 Å². The number of benzene rings is 2. The summed E-state index contributed by atoms with van der Waals surface area (Å²) in [4.78, 5) is 27.8. The van der Waals surface area contributed by atoms with E-state index in [1.54, 1.807) is 36.4 Å². The van der Waals surface area contributed by atoms with E-state index in [4.69, 9.17) is 4.74 Å². The largest absolute Gasteiger partial charge is 0.492 e. The minimum Gasteiger partial charge on any atom is -0.492 e. The number of anilines is 1. The van der Waals surface area contributed by atoms with Crippen molar-refractivity contribution in [1.82, 2.24) is 4.90 Å². The van der Waals surface area contributed by atoms with E-state index in [2.05, 4.69) is 0 Å². The van der Waals surface area contributed by atoms with Gasteiger partial charge >= 0.3 is 11.8 Å². The Morgan fingerprint density at radius 2 is 1.72 bits per heavy atom. The van der Waals surface area contributed by atoms with Crippen molar-refractivity contribution in [2.45, 2.75) is 13.5 Å². The molecule has 0 aromatic heterocycles. The number of carbonyl (C=O) groups is 2. The fourth-order valence-corrected chi connectivity index (χ4v) is 2.85. The summed E-state index contributed by atoms with van der Waals surface area (Å²) < 4.78 is 19.3. The Morgan fingerprint density at radius 3 is 2.48 bits per heavy atom. The van der Waals surface area contributed by atoms with Gasteiger partial charge in [0.05, 0.1) is 12.3 Å². The van der Waals surface area contributed by atoms with Crippen LogP contribution in [0.15, 0.2) is 48.5 Å². The van der Waals surface area contributed by atoms with Gasteiger partial charge in [0.15, 0.2) is 0 Å². The Kier molecular flexibility index (Phi) is 4.97. The second kappa shape index (κ2) is 7.34. The third-order valence-electron chi connectivity index (χ3n) is 4.08. The lowest BCUT2D eigenvalue weighted by Crippen LogP contribution is -2.54. The smallest absolute Gasteiger partial charge is 0.316 e. The number of nitrogens with zero attached hydrogens (tertiary/aromatic N) is 2. The van der Waals surface area contributed by atoms with Crippen molar-refractivity contribution in [2.24, 2.45) is 0 Å². The molecule has 5 nitrogen and oxygen atoms in total. The summed E-state index contributed by atoms with van der Waals surface area (Å²) in [6.07, 6.45) is 0. The highest BCUT2D eigenvalue weighted by atomic mass is 19.1. The molecule has 1 fully saturated rings. The predicted molar refractivity (Wildman–Crippen MR) is 91.8 cm³/mol. The van der Waals surface area contributed by atoms with Crippen LogP contribution in [0.4, 0.5) is 10.1 Å². The minimum atomic E-state index is -0.638. The van der Waals surface area contributed by atoms with Gasteiger partial charge in [-0.15, -0.1) is 0 Å². The maximum atomic E-state index is 13.8.